The summed E-state index contributed by atoms with van der Waals surface area (Å²) in [6.07, 6.45) is 1.05. The Morgan fingerprint density at radius 2 is 1.68 bits per heavy atom. The summed E-state index contributed by atoms with van der Waals surface area (Å²) in [6, 6.07) is 13.0. The van der Waals surface area contributed by atoms with E-state index in [0.29, 0.717) is 11.6 Å². The van der Waals surface area contributed by atoms with Crippen LogP contribution in [0.4, 0.5) is 4.39 Å². The van der Waals surface area contributed by atoms with Crippen LogP contribution in [0.25, 0.3) is 0 Å². The highest BCUT2D eigenvalue weighted by Crippen LogP contribution is 2.17. The second kappa shape index (κ2) is 6.69. The molecule has 0 saturated carbocycles. The maximum absolute atomic E-state index is 12.9. The molecule has 0 fully saturated rings. The van der Waals surface area contributed by atoms with E-state index in [2.05, 4.69) is 36.5 Å². The lowest BCUT2D eigenvalue weighted by Crippen LogP contribution is -2.13. The summed E-state index contributed by atoms with van der Waals surface area (Å²) in [5, 5.41) is 3.78. The molecule has 0 heterocycles. The van der Waals surface area contributed by atoms with Crippen molar-refractivity contribution >= 4 is 11.6 Å². The molecule has 0 unspecified atom stereocenters. The molecule has 19 heavy (non-hydrogen) atoms. The molecule has 100 valence electrons. The Labute approximate surface area is 118 Å². The molecule has 0 aliphatic heterocycles. The summed E-state index contributed by atoms with van der Waals surface area (Å²) < 4.78 is 12.9. The molecule has 0 spiro atoms. The lowest BCUT2D eigenvalue weighted by molar-refractivity contribution is 0.625. The van der Waals surface area contributed by atoms with Gasteiger partial charge in [-0.2, -0.15) is 0 Å². The van der Waals surface area contributed by atoms with Crippen LogP contribution in [0.5, 0.6) is 0 Å². The standard InChI is InChI=1S/C16H17ClFN/c1-2-12-3-5-13(6-4-12)10-19-11-14-7-8-15(18)9-16(14)17/h3-9,19H,2,10-11H2,1H3. The Morgan fingerprint density at radius 1 is 1.00 bits per heavy atom. The highest BCUT2D eigenvalue weighted by atomic mass is 35.5. The van der Waals surface area contributed by atoms with Crippen LogP contribution in [-0.4, -0.2) is 0 Å². The molecule has 3 heteroatoms. The number of benzene rings is 2. The molecule has 2 aromatic rings. The fraction of sp³-hybridized carbons (Fsp3) is 0.250. The predicted octanol–water partition coefficient (Wildman–Crippen LogP) is 4.33. The Morgan fingerprint density at radius 3 is 2.32 bits per heavy atom. The molecular formula is C16H17ClFN. The topological polar surface area (TPSA) is 12.0 Å². The number of rotatable bonds is 5. The van der Waals surface area contributed by atoms with Crippen molar-refractivity contribution in [1.29, 1.82) is 0 Å². The van der Waals surface area contributed by atoms with E-state index in [9.17, 15) is 4.39 Å². The van der Waals surface area contributed by atoms with Crippen LogP contribution in [0, 0.1) is 5.82 Å². The van der Waals surface area contributed by atoms with Gasteiger partial charge in [0.05, 0.1) is 0 Å². The van der Waals surface area contributed by atoms with Gasteiger partial charge in [-0.25, -0.2) is 4.39 Å². The van der Waals surface area contributed by atoms with Gasteiger partial charge in [0, 0.05) is 18.1 Å². The first-order valence-corrected chi connectivity index (χ1v) is 6.79. The van der Waals surface area contributed by atoms with Crippen LogP contribution in [0.1, 0.15) is 23.6 Å². The first-order valence-electron chi connectivity index (χ1n) is 6.41. The molecule has 1 nitrogen and oxygen atoms in total. The predicted molar refractivity (Wildman–Crippen MR) is 77.8 cm³/mol. The van der Waals surface area contributed by atoms with Crippen molar-refractivity contribution in [1.82, 2.24) is 5.32 Å². The van der Waals surface area contributed by atoms with Crippen LogP contribution in [0.2, 0.25) is 5.02 Å². The van der Waals surface area contributed by atoms with Gasteiger partial charge < -0.3 is 5.32 Å². The normalized spacial score (nSPS) is 10.7. The fourth-order valence-electron chi connectivity index (χ4n) is 1.90. The van der Waals surface area contributed by atoms with E-state index in [-0.39, 0.29) is 5.82 Å². The van der Waals surface area contributed by atoms with E-state index in [0.717, 1.165) is 18.5 Å². The molecule has 0 aliphatic rings. The Hall–Kier alpha value is -1.38. The van der Waals surface area contributed by atoms with Gasteiger partial charge in [0.15, 0.2) is 0 Å². The van der Waals surface area contributed by atoms with Gasteiger partial charge in [-0.3, -0.25) is 0 Å². The first-order chi connectivity index (χ1) is 9.19. The van der Waals surface area contributed by atoms with Crippen molar-refractivity contribution < 1.29 is 4.39 Å². The van der Waals surface area contributed by atoms with Crippen molar-refractivity contribution in [3.05, 3.63) is 70.0 Å². The summed E-state index contributed by atoms with van der Waals surface area (Å²) in [5.74, 6) is -0.302. The van der Waals surface area contributed by atoms with Gasteiger partial charge in [-0.1, -0.05) is 48.9 Å². The second-order valence-electron chi connectivity index (χ2n) is 4.51. The van der Waals surface area contributed by atoms with Gasteiger partial charge in [0.2, 0.25) is 0 Å². The average molecular weight is 278 g/mol. The monoisotopic (exact) mass is 277 g/mol. The minimum absolute atomic E-state index is 0.302. The molecule has 0 saturated heterocycles. The summed E-state index contributed by atoms with van der Waals surface area (Å²) >= 11 is 5.97. The van der Waals surface area contributed by atoms with E-state index >= 15 is 0 Å². The smallest absolute Gasteiger partial charge is 0.124 e. The Balaban J connectivity index is 1.88. The van der Waals surface area contributed by atoms with Gasteiger partial charge in [-0.05, 0) is 35.2 Å². The highest BCUT2D eigenvalue weighted by Gasteiger charge is 2.01. The van der Waals surface area contributed by atoms with Gasteiger partial charge in [0.1, 0.15) is 5.82 Å². The molecular weight excluding hydrogens is 261 g/mol. The molecule has 0 aliphatic carbocycles. The molecule has 0 atom stereocenters. The van der Waals surface area contributed by atoms with E-state index in [1.165, 1.54) is 23.3 Å². The zero-order chi connectivity index (χ0) is 13.7. The third-order valence-electron chi connectivity index (χ3n) is 3.09. The van der Waals surface area contributed by atoms with Crippen LogP contribution < -0.4 is 5.32 Å². The van der Waals surface area contributed by atoms with Crippen molar-refractivity contribution in [2.24, 2.45) is 0 Å². The van der Waals surface area contributed by atoms with Gasteiger partial charge in [-0.15, -0.1) is 0 Å². The quantitative estimate of drug-likeness (QED) is 0.858. The molecule has 0 bridgehead atoms. The fourth-order valence-corrected chi connectivity index (χ4v) is 2.13. The van der Waals surface area contributed by atoms with Crippen molar-refractivity contribution in [2.75, 3.05) is 0 Å². The SMILES string of the molecule is CCc1ccc(CNCc2ccc(F)cc2Cl)cc1. The second-order valence-corrected chi connectivity index (χ2v) is 4.92. The summed E-state index contributed by atoms with van der Waals surface area (Å²) in [5.41, 5.74) is 3.48. The first kappa shape index (κ1) is 14.0. The Kier molecular flexibility index (Phi) is 4.94. The molecule has 2 rings (SSSR count). The average Bonchev–Trinajstić information content (AvgIpc) is 2.42. The number of hydrogen-bond acceptors (Lipinski definition) is 1. The van der Waals surface area contributed by atoms with E-state index in [1.54, 1.807) is 6.07 Å². The summed E-state index contributed by atoms with van der Waals surface area (Å²) in [6.45, 7) is 3.55. The van der Waals surface area contributed by atoms with Crippen LogP contribution in [0.15, 0.2) is 42.5 Å². The third-order valence-corrected chi connectivity index (χ3v) is 3.44. The van der Waals surface area contributed by atoms with Crippen molar-refractivity contribution in [3.8, 4) is 0 Å². The van der Waals surface area contributed by atoms with E-state index in [4.69, 9.17) is 11.6 Å². The number of hydrogen-bond donors (Lipinski definition) is 1. The zero-order valence-electron chi connectivity index (χ0n) is 10.9. The van der Waals surface area contributed by atoms with E-state index < -0.39 is 0 Å². The lowest BCUT2D eigenvalue weighted by Gasteiger charge is -2.07. The highest BCUT2D eigenvalue weighted by molar-refractivity contribution is 6.31. The van der Waals surface area contributed by atoms with Crippen molar-refractivity contribution in [3.63, 3.8) is 0 Å². The maximum atomic E-state index is 12.9. The largest absolute Gasteiger partial charge is 0.309 e. The molecule has 2 aromatic carbocycles. The number of nitrogens with one attached hydrogen (secondary N) is 1. The Bertz CT molecular complexity index is 537. The summed E-state index contributed by atoms with van der Waals surface area (Å²) in [7, 11) is 0. The minimum atomic E-state index is -0.302. The number of aryl methyl sites for hydroxylation is 1. The molecule has 0 aromatic heterocycles. The van der Waals surface area contributed by atoms with Gasteiger partial charge >= 0.3 is 0 Å². The van der Waals surface area contributed by atoms with E-state index in [1.807, 2.05) is 0 Å². The van der Waals surface area contributed by atoms with Crippen LogP contribution in [0.3, 0.4) is 0 Å². The molecule has 0 radical (unpaired) electrons. The summed E-state index contributed by atoms with van der Waals surface area (Å²) in [4.78, 5) is 0. The third kappa shape index (κ3) is 4.05. The zero-order valence-corrected chi connectivity index (χ0v) is 11.7. The minimum Gasteiger partial charge on any atom is -0.309 e. The van der Waals surface area contributed by atoms with Crippen molar-refractivity contribution in [2.45, 2.75) is 26.4 Å². The van der Waals surface area contributed by atoms with Crippen LogP contribution in [-0.2, 0) is 19.5 Å². The number of halogens is 2. The maximum Gasteiger partial charge on any atom is 0.124 e. The molecule has 0 amide bonds. The van der Waals surface area contributed by atoms with Gasteiger partial charge in [0.25, 0.3) is 0 Å². The molecule has 1 N–H and O–H groups in total. The lowest BCUT2D eigenvalue weighted by atomic mass is 10.1. The van der Waals surface area contributed by atoms with Crippen LogP contribution >= 0.6 is 11.6 Å².